The molecule has 2 heterocycles. The molecule has 3 rings (SSSR count). The number of fused-ring (bicyclic) bond motifs is 3. The van der Waals surface area contributed by atoms with Crippen molar-refractivity contribution in [2.45, 2.75) is 131 Å². The molecule has 190 valence electrons. The van der Waals surface area contributed by atoms with Crippen molar-refractivity contribution < 1.29 is 0 Å². The fourth-order valence-electron chi connectivity index (χ4n) is 5.51. The van der Waals surface area contributed by atoms with Crippen molar-refractivity contribution in [3.8, 4) is 0 Å². The van der Waals surface area contributed by atoms with Crippen LogP contribution in [0.2, 0.25) is 0 Å². The first-order chi connectivity index (χ1) is 16.4. The molecule has 3 nitrogen and oxygen atoms in total. The fourth-order valence-corrected chi connectivity index (χ4v) is 5.51. The summed E-state index contributed by atoms with van der Waals surface area (Å²) < 4.78 is 0. The molecule has 0 aromatic carbocycles. The zero-order valence-corrected chi connectivity index (χ0v) is 23.1. The van der Waals surface area contributed by atoms with Crippen LogP contribution >= 0.6 is 0 Å². The number of unbranched alkanes of at least 4 members (excludes halogenated alkanes) is 5. The van der Waals surface area contributed by atoms with Crippen LogP contribution in [0.1, 0.15) is 141 Å². The average molecular weight is 466 g/mol. The Kier molecular flexibility index (Phi) is 11.5. The maximum Gasteiger partial charge on any atom is 0.149 e. The maximum absolute atomic E-state index is 6.43. The van der Waals surface area contributed by atoms with Crippen LogP contribution in [0.15, 0.2) is 23.2 Å². The number of allylic oxidation sites excluding steroid dienone is 2. The molecule has 1 aromatic rings. The Bertz CT molecular complexity index is 860. The Balaban J connectivity index is 0.00000199. The lowest BCUT2D eigenvalue weighted by Gasteiger charge is -2.31. The van der Waals surface area contributed by atoms with Gasteiger partial charge >= 0.3 is 0 Å². The first-order valence-electron chi connectivity index (χ1n) is 14.1. The fraction of sp³-hybridized carbons (Fsp3) is 0.677. The summed E-state index contributed by atoms with van der Waals surface area (Å²) >= 11 is 0. The van der Waals surface area contributed by atoms with Crippen molar-refractivity contribution >= 4 is 23.3 Å². The van der Waals surface area contributed by atoms with E-state index >= 15 is 0 Å². The Labute approximate surface area is 210 Å². The minimum Gasteiger partial charge on any atom is -0.382 e. The van der Waals surface area contributed by atoms with E-state index in [-0.39, 0.29) is 5.41 Å². The van der Waals surface area contributed by atoms with E-state index in [2.05, 4.69) is 46.4 Å². The third kappa shape index (κ3) is 7.55. The molecule has 1 aliphatic carbocycles. The van der Waals surface area contributed by atoms with E-state index in [4.69, 9.17) is 15.7 Å². The molecule has 1 aliphatic heterocycles. The van der Waals surface area contributed by atoms with E-state index in [1.54, 1.807) is 0 Å². The third-order valence-electron chi connectivity index (χ3n) is 7.10. The molecule has 0 spiro atoms. The molecule has 0 radical (unpaired) electrons. The van der Waals surface area contributed by atoms with Gasteiger partial charge in [0.05, 0.1) is 5.69 Å². The molecule has 1 aromatic heterocycles. The highest BCUT2D eigenvalue weighted by Gasteiger charge is 2.36. The second kappa shape index (κ2) is 13.9. The molecular weight excluding hydrogens is 414 g/mol. The van der Waals surface area contributed by atoms with Crippen LogP contribution in [-0.4, -0.2) is 10.7 Å². The van der Waals surface area contributed by atoms with Gasteiger partial charge in [0, 0.05) is 17.2 Å². The number of aromatic nitrogens is 1. The molecule has 2 aliphatic rings. The highest BCUT2D eigenvalue weighted by Crippen LogP contribution is 2.49. The van der Waals surface area contributed by atoms with Crippen LogP contribution in [0.4, 0.5) is 11.5 Å². The van der Waals surface area contributed by atoms with Crippen LogP contribution in [-0.2, 0) is 6.42 Å². The molecule has 2 N–H and O–H groups in total. The summed E-state index contributed by atoms with van der Waals surface area (Å²) in [5, 5.41) is 0. The second-order valence-corrected chi connectivity index (χ2v) is 10.8. The first-order valence-corrected chi connectivity index (χ1v) is 14.1. The quantitative estimate of drug-likeness (QED) is 0.233. The summed E-state index contributed by atoms with van der Waals surface area (Å²) in [5.41, 5.74) is 14.1. The summed E-state index contributed by atoms with van der Waals surface area (Å²) in [6.07, 6.45) is 20.0. The van der Waals surface area contributed by atoms with E-state index in [9.17, 15) is 0 Å². The Morgan fingerprint density at radius 3 is 2.50 bits per heavy atom. The van der Waals surface area contributed by atoms with Crippen LogP contribution in [0.3, 0.4) is 0 Å². The lowest BCUT2D eigenvalue weighted by Crippen LogP contribution is -2.22. The molecular formula is C31H51N3. The van der Waals surface area contributed by atoms with Gasteiger partial charge in [-0.3, -0.25) is 4.99 Å². The number of nitrogen functional groups attached to an aromatic ring is 1. The van der Waals surface area contributed by atoms with E-state index in [1.165, 1.54) is 73.8 Å². The van der Waals surface area contributed by atoms with Gasteiger partial charge in [-0.2, -0.15) is 0 Å². The summed E-state index contributed by atoms with van der Waals surface area (Å²) in [5.74, 6) is 0.977. The number of hydrogen-bond acceptors (Lipinski definition) is 3. The monoisotopic (exact) mass is 465 g/mol. The SMILES string of the molecule is C=C(CCCCCCC)CC(C)(C)CC1C(CCCC)=Nc2c(N)nc3c(c21)C=CCC3.CC. The number of aryl methyl sites for hydroxylation is 1. The summed E-state index contributed by atoms with van der Waals surface area (Å²) in [6, 6.07) is 0. The zero-order valence-electron chi connectivity index (χ0n) is 23.1. The maximum atomic E-state index is 6.43. The van der Waals surface area contributed by atoms with E-state index in [0.717, 1.165) is 43.5 Å². The Morgan fingerprint density at radius 1 is 1.09 bits per heavy atom. The highest BCUT2D eigenvalue weighted by molar-refractivity contribution is 6.01. The molecule has 34 heavy (non-hydrogen) atoms. The number of anilines is 1. The standard InChI is InChI=1S/C29H45N3.C2H6/c1-6-8-10-11-12-15-21(3)19-29(4,5)20-23-25(17-9-7-2)31-27-26(23)22-16-13-14-18-24(22)32-28(27)30;1-2/h13,16,23H,3,6-12,14-15,17-20H2,1-2,4-5H3,(H2,30,32);1-2H3. The van der Waals surface area contributed by atoms with Crippen LogP contribution in [0.25, 0.3) is 6.08 Å². The van der Waals surface area contributed by atoms with Crippen molar-refractivity contribution in [3.05, 3.63) is 35.0 Å². The van der Waals surface area contributed by atoms with Gasteiger partial charge < -0.3 is 5.73 Å². The predicted molar refractivity (Wildman–Crippen MR) is 152 cm³/mol. The highest BCUT2D eigenvalue weighted by atomic mass is 14.9. The minimum absolute atomic E-state index is 0.184. The van der Waals surface area contributed by atoms with E-state index in [1.807, 2.05) is 13.8 Å². The molecule has 0 bridgehead atoms. The van der Waals surface area contributed by atoms with Gasteiger partial charge in [-0.1, -0.05) is 98.0 Å². The van der Waals surface area contributed by atoms with Gasteiger partial charge in [0.15, 0.2) is 0 Å². The van der Waals surface area contributed by atoms with Gasteiger partial charge in [-0.05, 0) is 62.3 Å². The van der Waals surface area contributed by atoms with E-state index < -0.39 is 0 Å². The third-order valence-corrected chi connectivity index (χ3v) is 7.10. The Hall–Kier alpha value is -1.90. The summed E-state index contributed by atoms with van der Waals surface area (Å²) in [4.78, 5) is 9.83. The van der Waals surface area contributed by atoms with Crippen molar-refractivity contribution in [1.82, 2.24) is 4.98 Å². The van der Waals surface area contributed by atoms with Crippen molar-refractivity contribution in [3.63, 3.8) is 0 Å². The van der Waals surface area contributed by atoms with Crippen molar-refractivity contribution in [2.24, 2.45) is 10.4 Å². The predicted octanol–water partition coefficient (Wildman–Crippen LogP) is 9.73. The minimum atomic E-state index is 0.184. The number of rotatable bonds is 13. The van der Waals surface area contributed by atoms with Crippen LogP contribution in [0.5, 0.6) is 0 Å². The zero-order chi connectivity index (χ0) is 25.1. The molecule has 1 unspecified atom stereocenters. The number of aliphatic imine (C=N–C) groups is 1. The van der Waals surface area contributed by atoms with Gasteiger partial charge in [-0.25, -0.2) is 4.98 Å². The van der Waals surface area contributed by atoms with Crippen molar-refractivity contribution in [2.75, 3.05) is 5.73 Å². The topological polar surface area (TPSA) is 51.3 Å². The molecule has 3 heteroatoms. The molecule has 0 saturated heterocycles. The smallest absolute Gasteiger partial charge is 0.149 e. The van der Waals surface area contributed by atoms with E-state index in [0.29, 0.717) is 11.7 Å². The number of pyridine rings is 1. The molecule has 1 atom stereocenters. The Morgan fingerprint density at radius 2 is 1.79 bits per heavy atom. The number of nitrogens with two attached hydrogens (primary N) is 1. The number of hydrogen-bond donors (Lipinski definition) is 1. The van der Waals surface area contributed by atoms with Crippen molar-refractivity contribution in [1.29, 1.82) is 0 Å². The lowest BCUT2D eigenvalue weighted by atomic mass is 9.73. The average Bonchev–Trinajstić information content (AvgIpc) is 3.17. The molecule has 0 fully saturated rings. The largest absolute Gasteiger partial charge is 0.382 e. The number of nitrogens with zero attached hydrogens (tertiary/aromatic N) is 2. The normalized spacial score (nSPS) is 16.4. The molecule has 0 amide bonds. The van der Waals surface area contributed by atoms with Crippen LogP contribution < -0.4 is 5.73 Å². The first kappa shape index (κ1) is 28.3. The molecule has 0 saturated carbocycles. The van der Waals surface area contributed by atoms with Gasteiger partial charge in [0.2, 0.25) is 0 Å². The van der Waals surface area contributed by atoms with Gasteiger partial charge in [0.25, 0.3) is 0 Å². The van der Waals surface area contributed by atoms with Crippen LogP contribution in [0, 0.1) is 5.41 Å². The van der Waals surface area contributed by atoms with Gasteiger partial charge in [-0.15, -0.1) is 0 Å². The van der Waals surface area contributed by atoms with Gasteiger partial charge in [0.1, 0.15) is 11.5 Å². The second-order valence-electron chi connectivity index (χ2n) is 10.8. The summed E-state index contributed by atoms with van der Waals surface area (Å²) in [6.45, 7) is 17.8. The lowest BCUT2D eigenvalue weighted by molar-refractivity contribution is 0.319. The summed E-state index contributed by atoms with van der Waals surface area (Å²) in [7, 11) is 0.